The van der Waals surface area contributed by atoms with Crippen LogP contribution in [0.1, 0.15) is 49.3 Å². The number of aryl methyl sites for hydroxylation is 1. The Labute approximate surface area is 172 Å². The number of amides is 2. The lowest BCUT2D eigenvalue weighted by Crippen LogP contribution is -2.50. The van der Waals surface area contributed by atoms with Gasteiger partial charge in [0, 0.05) is 12.6 Å². The summed E-state index contributed by atoms with van der Waals surface area (Å²) < 4.78 is 13.3. The second-order valence-electron chi connectivity index (χ2n) is 7.98. The molecule has 5 heteroatoms. The van der Waals surface area contributed by atoms with Crippen LogP contribution in [-0.2, 0) is 22.6 Å². The number of halogens is 1. The van der Waals surface area contributed by atoms with E-state index in [4.69, 9.17) is 0 Å². The summed E-state index contributed by atoms with van der Waals surface area (Å²) in [4.78, 5) is 27.5. The highest BCUT2D eigenvalue weighted by atomic mass is 19.1. The number of hydrogen-bond acceptors (Lipinski definition) is 2. The Morgan fingerprint density at radius 2 is 1.62 bits per heavy atom. The van der Waals surface area contributed by atoms with Gasteiger partial charge in [0.25, 0.3) is 0 Å². The van der Waals surface area contributed by atoms with E-state index in [9.17, 15) is 14.0 Å². The van der Waals surface area contributed by atoms with E-state index in [0.717, 1.165) is 42.4 Å². The summed E-state index contributed by atoms with van der Waals surface area (Å²) in [6.07, 6.45) is 4.47. The van der Waals surface area contributed by atoms with Crippen molar-refractivity contribution in [3.8, 4) is 0 Å². The zero-order valence-electron chi connectivity index (χ0n) is 17.2. The van der Waals surface area contributed by atoms with Gasteiger partial charge in [-0.1, -0.05) is 54.8 Å². The fourth-order valence-electron chi connectivity index (χ4n) is 3.74. The van der Waals surface area contributed by atoms with Gasteiger partial charge in [0.05, 0.1) is 6.42 Å². The second kappa shape index (κ2) is 9.68. The molecular formula is C24H29FN2O2. The van der Waals surface area contributed by atoms with Gasteiger partial charge in [-0.2, -0.15) is 0 Å². The second-order valence-corrected chi connectivity index (χ2v) is 7.98. The number of hydrogen-bond donors (Lipinski definition) is 1. The molecule has 154 valence electrons. The van der Waals surface area contributed by atoms with E-state index in [1.165, 1.54) is 12.1 Å². The zero-order valence-corrected chi connectivity index (χ0v) is 17.2. The molecule has 1 fully saturated rings. The molecular weight excluding hydrogens is 367 g/mol. The summed E-state index contributed by atoms with van der Waals surface area (Å²) in [6.45, 7) is 4.03. The summed E-state index contributed by atoms with van der Waals surface area (Å²) in [5.74, 6) is -0.568. The minimum atomic E-state index is -0.599. The molecule has 1 aliphatic carbocycles. The standard InChI is InChI=1S/C24H29FN2O2/c1-17-7-9-19(10-8-17)15-23(28)27(16-20-11-13-21(25)14-12-20)18(2)24(29)26-22-5-3-4-6-22/h7-14,18,22H,3-6,15-16H2,1-2H3,(H,26,29)/t18-/m1/s1. The lowest BCUT2D eigenvalue weighted by molar-refractivity contribution is -0.140. The summed E-state index contributed by atoms with van der Waals surface area (Å²) in [5, 5.41) is 3.09. The van der Waals surface area contributed by atoms with Crippen LogP contribution in [0.15, 0.2) is 48.5 Å². The molecule has 0 saturated heterocycles. The van der Waals surface area contributed by atoms with Crippen LogP contribution in [-0.4, -0.2) is 28.8 Å². The fourth-order valence-corrected chi connectivity index (χ4v) is 3.74. The maximum Gasteiger partial charge on any atom is 0.242 e. The van der Waals surface area contributed by atoms with Crippen LogP contribution >= 0.6 is 0 Å². The van der Waals surface area contributed by atoms with Crippen LogP contribution in [0.5, 0.6) is 0 Å². The molecule has 0 unspecified atom stereocenters. The molecule has 0 aliphatic heterocycles. The van der Waals surface area contributed by atoms with Crippen molar-refractivity contribution in [2.45, 2.75) is 64.6 Å². The summed E-state index contributed by atoms with van der Waals surface area (Å²) in [6, 6.07) is 13.5. The van der Waals surface area contributed by atoms with Gasteiger partial charge >= 0.3 is 0 Å². The molecule has 1 N–H and O–H groups in total. The van der Waals surface area contributed by atoms with Crippen LogP contribution in [0, 0.1) is 12.7 Å². The Bertz CT molecular complexity index is 827. The van der Waals surface area contributed by atoms with Crippen molar-refractivity contribution in [2.75, 3.05) is 0 Å². The number of nitrogens with one attached hydrogen (secondary N) is 1. The first-order chi connectivity index (χ1) is 13.9. The van der Waals surface area contributed by atoms with Gasteiger partial charge in [0.1, 0.15) is 11.9 Å². The molecule has 0 bridgehead atoms. The van der Waals surface area contributed by atoms with Crippen LogP contribution in [0.25, 0.3) is 0 Å². The number of carbonyl (C=O) groups is 2. The Kier molecular flexibility index (Phi) is 7.02. The van der Waals surface area contributed by atoms with E-state index in [-0.39, 0.29) is 36.6 Å². The van der Waals surface area contributed by atoms with E-state index in [0.29, 0.717) is 0 Å². The predicted molar refractivity (Wildman–Crippen MR) is 112 cm³/mol. The third kappa shape index (κ3) is 5.89. The summed E-state index contributed by atoms with van der Waals surface area (Å²) in [5.41, 5.74) is 2.84. The summed E-state index contributed by atoms with van der Waals surface area (Å²) >= 11 is 0. The molecule has 0 aromatic heterocycles. The number of benzene rings is 2. The van der Waals surface area contributed by atoms with E-state index in [1.807, 2.05) is 31.2 Å². The molecule has 0 spiro atoms. The molecule has 0 heterocycles. The van der Waals surface area contributed by atoms with Crippen LogP contribution < -0.4 is 5.32 Å². The van der Waals surface area contributed by atoms with E-state index >= 15 is 0 Å². The minimum absolute atomic E-state index is 0.118. The molecule has 1 atom stereocenters. The predicted octanol–water partition coefficient (Wildman–Crippen LogP) is 4.15. The van der Waals surface area contributed by atoms with Crippen molar-refractivity contribution in [3.05, 3.63) is 71.0 Å². The molecule has 2 aromatic rings. The maximum atomic E-state index is 13.3. The average molecular weight is 397 g/mol. The first kappa shape index (κ1) is 21.0. The average Bonchev–Trinajstić information content (AvgIpc) is 3.21. The first-order valence-corrected chi connectivity index (χ1v) is 10.3. The van der Waals surface area contributed by atoms with Gasteiger partial charge in [-0.3, -0.25) is 9.59 Å². The molecule has 29 heavy (non-hydrogen) atoms. The van der Waals surface area contributed by atoms with Crippen molar-refractivity contribution in [1.82, 2.24) is 10.2 Å². The highest BCUT2D eigenvalue weighted by Gasteiger charge is 2.28. The molecule has 1 saturated carbocycles. The number of nitrogens with zero attached hydrogens (tertiary/aromatic N) is 1. The summed E-state index contributed by atoms with van der Waals surface area (Å²) in [7, 11) is 0. The van der Waals surface area contributed by atoms with Gasteiger partial charge in [-0.25, -0.2) is 4.39 Å². The van der Waals surface area contributed by atoms with Crippen molar-refractivity contribution in [3.63, 3.8) is 0 Å². The molecule has 2 aromatic carbocycles. The normalized spacial score (nSPS) is 15.1. The van der Waals surface area contributed by atoms with E-state index in [2.05, 4.69) is 5.32 Å². The Hall–Kier alpha value is -2.69. The monoisotopic (exact) mass is 396 g/mol. The molecule has 2 amide bonds. The molecule has 4 nitrogen and oxygen atoms in total. The largest absolute Gasteiger partial charge is 0.352 e. The van der Waals surface area contributed by atoms with E-state index in [1.54, 1.807) is 24.0 Å². The number of carbonyl (C=O) groups excluding carboxylic acids is 2. The lowest BCUT2D eigenvalue weighted by atomic mass is 10.1. The van der Waals surface area contributed by atoms with Gasteiger partial charge < -0.3 is 10.2 Å². The quantitative estimate of drug-likeness (QED) is 0.764. The molecule has 1 aliphatic rings. The van der Waals surface area contributed by atoms with Crippen molar-refractivity contribution in [2.24, 2.45) is 0 Å². The van der Waals surface area contributed by atoms with E-state index < -0.39 is 6.04 Å². The van der Waals surface area contributed by atoms with Gasteiger partial charge in [-0.15, -0.1) is 0 Å². The highest BCUT2D eigenvalue weighted by molar-refractivity contribution is 5.88. The Balaban J connectivity index is 1.75. The highest BCUT2D eigenvalue weighted by Crippen LogP contribution is 2.19. The number of rotatable bonds is 7. The maximum absolute atomic E-state index is 13.3. The van der Waals surface area contributed by atoms with Crippen LogP contribution in [0.2, 0.25) is 0 Å². The lowest BCUT2D eigenvalue weighted by Gasteiger charge is -2.30. The third-order valence-corrected chi connectivity index (χ3v) is 5.61. The van der Waals surface area contributed by atoms with Gasteiger partial charge in [-0.05, 0) is 49.9 Å². The Morgan fingerprint density at radius 1 is 1.03 bits per heavy atom. The van der Waals surface area contributed by atoms with Crippen molar-refractivity contribution in [1.29, 1.82) is 0 Å². The van der Waals surface area contributed by atoms with Crippen LogP contribution in [0.4, 0.5) is 4.39 Å². The van der Waals surface area contributed by atoms with Gasteiger partial charge in [0.2, 0.25) is 11.8 Å². The van der Waals surface area contributed by atoms with Crippen LogP contribution in [0.3, 0.4) is 0 Å². The first-order valence-electron chi connectivity index (χ1n) is 10.3. The zero-order chi connectivity index (χ0) is 20.8. The van der Waals surface area contributed by atoms with Gasteiger partial charge in [0.15, 0.2) is 0 Å². The van der Waals surface area contributed by atoms with Crippen molar-refractivity contribution >= 4 is 11.8 Å². The Morgan fingerprint density at radius 3 is 2.24 bits per heavy atom. The third-order valence-electron chi connectivity index (χ3n) is 5.61. The molecule has 3 rings (SSSR count). The minimum Gasteiger partial charge on any atom is -0.352 e. The fraction of sp³-hybridized carbons (Fsp3) is 0.417. The SMILES string of the molecule is Cc1ccc(CC(=O)N(Cc2ccc(F)cc2)[C@H](C)C(=O)NC2CCCC2)cc1. The topological polar surface area (TPSA) is 49.4 Å². The van der Waals surface area contributed by atoms with Crippen molar-refractivity contribution < 1.29 is 14.0 Å². The molecule has 0 radical (unpaired) electrons. The smallest absolute Gasteiger partial charge is 0.242 e.